The van der Waals surface area contributed by atoms with Gasteiger partial charge in [0.1, 0.15) is 5.75 Å². The van der Waals surface area contributed by atoms with E-state index in [1.807, 2.05) is 12.1 Å². The molecule has 0 radical (unpaired) electrons. The summed E-state index contributed by atoms with van der Waals surface area (Å²) in [4.78, 5) is 0. The largest absolute Gasteiger partial charge is 0.496 e. The van der Waals surface area contributed by atoms with Gasteiger partial charge in [0, 0.05) is 5.56 Å². The lowest BCUT2D eigenvalue weighted by molar-refractivity contribution is 0.404. The molecule has 1 unspecified atom stereocenters. The van der Waals surface area contributed by atoms with Gasteiger partial charge in [0.05, 0.1) is 13.2 Å². The molecule has 0 aliphatic carbocycles. The molecular formula is C17H22N2O. The van der Waals surface area contributed by atoms with E-state index in [-0.39, 0.29) is 6.04 Å². The number of hydrogen-bond acceptors (Lipinski definition) is 3. The Morgan fingerprint density at radius 1 is 0.950 bits per heavy atom. The highest BCUT2D eigenvalue weighted by atomic mass is 16.5. The molecule has 0 aliphatic heterocycles. The van der Waals surface area contributed by atoms with Gasteiger partial charge in [-0.3, -0.25) is 5.84 Å². The van der Waals surface area contributed by atoms with Gasteiger partial charge in [-0.05, 0) is 38.0 Å². The minimum Gasteiger partial charge on any atom is -0.496 e. The number of methoxy groups -OCH3 is 1. The van der Waals surface area contributed by atoms with Crippen molar-refractivity contribution in [2.75, 3.05) is 7.11 Å². The first-order valence-corrected chi connectivity index (χ1v) is 6.74. The highest BCUT2D eigenvalue weighted by molar-refractivity contribution is 5.46. The fourth-order valence-electron chi connectivity index (χ4n) is 2.50. The fraction of sp³-hybridized carbons (Fsp3) is 0.294. The second-order valence-electron chi connectivity index (χ2n) is 5.21. The van der Waals surface area contributed by atoms with Gasteiger partial charge in [-0.25, -0.2) is 5.43 Å². The number of ether oxygens (including phenoxy) is 1. The number of nitrogens with two attached hydrogens (primary N) is 1. The van der Waals surface area contributed by atoms with Crippen LogP contribution in [0.15, 0.2) is 36.4 Å². The van der Waals surface area contributed by atoms with Crippen LogP contribution >= 0.6 is 0 Å². The normalized spacial score (nSPS) is 12.2. The van der Waals surface area contributed by atoms with Crippen molar-refractivity contribution >= 4 is 0 Å². The summed E-state index contributed by atoms with van der Waals surface area (Å²) in [6.45, 7) is 6.25. The lowest BCUT2D eigenvalue weighted by atomic mass is 9.92. The Labute approximate surface area is 120 Å². The Morgan fingerprint density at radius 3 is 2.15 bits per heavy atom. The van der Waals surface area contributed by atoms with Gasteiger partial charge in [-0.2, -0.15) is 0 Å². The van der Waals surface area contributed by atoms with Gasteiger partial charge in [0.2, 0.25) is 0 Å². The first-order valence-electron chi connectivity index (χ1n) is 6.74. The van der Waals surface area contributed by atoms with E-state index < -0.39 is 0 Å². The SMILES string of the molecule is COc1ccc(C)cc1C(NN)c1cc(C)ccc1C. The van der Waals surface area contributed by atoms with Crippen molar-refractivity contribution in [1.82, 2.24) is 5.43 Å². The molecule has 3 N–H and O–H groups in total. The van der Waals surface area contributed by atoms with E-state index in [4.69, 9.17) is 10.6 Å². The lowest BCUT2D eigenvalue weighted by Gasteiger charge is -2.22. The Balaban J connectivity index is 2.57. The molecule has 3 nitrogen and oxygen atoms in total. The first kappa shape index (κ1) is 14.6. The first-order chi connectivity index (χ1) is 9.56. The molecule has 0 aromatic heterocycles. The van der Waals surface area contributed by atoms with Crippen LogP contribution in [-0.4, -0.2) is 7.11 Å². The number of aryl methyl sites for hydroxylation is 3. The monoisotopic (exact) mass is 270 g/mol. The van der Waals surface area contributed by atoms with Gasteiger partial charge in [0.15, 0.2) is 0 Å². The van der Waals surface area contributed by atoms with E-state index in [2.05, 4.69) is 50.5 Å². The van der Waals surface area contributed by atoms with E-state index >= 15 is 0 Å². The van der Waals surface area contributed by atoms with Crippen LogP contribution in [0.5, 0.6) is 5.75 Å². The maximum Gasteiger partial charge on any atom is 0.124 e. The molecule has 2 rings (SSSR count). The number of rotatable bonds is 4. The zero-order valence-electron chi connectivity index (χ0n) is 12.5. The number of hydrazine groups is 1. The van der Waals surface area contributed by atoms with Gasteiger partial charge in [-0.1, -0.05) is 41.5 Å². The predicted molar refractivity (Wildman–Crippen MR) is 82.8 cm³/mol. The van der Waals surface area contributed by atoms with Gasteiger partial charge in [-0.15, -0.1) is 0 Å². The molecular weight excluding hydrogens is 248 g/mol. The Hall–Kier alpha value is -1.84. The maximum absolute atomic E-state index is 5.82. The second kappa shape index (κ2) is 6.07. The zero-order chi connectivity index (χ0) is 14.7. The van der Waals surface area contributed by atoms with Crippen LogP contribution in [0.4, 0.5) is 0 Å². The van der Waals surface area contributed by atoms with Crippen LogP contribution in [0.3, 0.4) is 0 Å². The standard InChI is InChI=1S/C17H22N2O/c1-11-5-7-13(3)14(9-11)17(19-18)15-10-12(2)6-8-16(15)20-4/h5-10,17,19H,18H2,1-4H3. The third kappa shape index (κ3) is 2.84. The van der Waals surface area contributed by atoms with Crippen LogP contribution in [0, 0.1) is 20.8 Å². The molecule has 0 aliphatic rings. The summed E-state index contributed by atoms with van der Waals surface area (Å²) < 4.78 is 5.48. The van der Waals surface area contributed by atoms with E-state index in [1.54, 1.807) is 7.11 Å². The third-order valence-electron chi connectivity index (χ3n) is 3.61. The van der Waals surface area contributed by atoms with E-state index in [0.29, 0.717) is 0 Å². The summed E-state index contributed by atoms with van der Waals surface area (Å²) in [6.07, 6.45) is 0. The Kier molecular flexibility index (Phi) is 4.42. The maximum atomic E-state index is 5.82. The third-order valence-corrected chi connectivity index (χ3v) is 3.61. The molecule has 106 valence electrons. The molecule has 0 bridgehead atoms. The van der Waals surface area contributed by atoms with Crippen molar-refractivity contribution in [2.24, 2.45) is 5.84 Å². The van der Waals surface area contributed by atoms with Crippen molar-refractivity contribution in [1.29, 1.82) is 0 Å². The average Bonchev–Trinajstić information content (AvgIpc) is 2.44. The van der Waals surface area contributed by atoms with Crippen molar-refractivity contribution in [3.63, 3.8) is 0 Å². The van der Waals surface area contributed by atoms with Crippen molar-refractivity contribution in [3.05, 3.63) is 64.2 Å². The predicted octanol–water partition coefficient (Wildman–Crippen LogP) is 3.17. The average molecular weight is 270 g/mol. The number of benzene rings is 2. The van der Waals surface area contributed by atoms with Crippen LogP contribution in [-0.2, 0) is 0 Å². The molecule has 1 atom stereocenters. The summed E-state index contributed by atoms with van der Waals surface area (Å²) in [5, 5.41) is 0. The highest BCUT2D eigenvalue weighted by Crippen LogP contribution is 2.32. The summed E-state index contributed by atoms with van der Waals surface area (Å²) in [5.41, 5.74) is 8.78. The van der Waals surface area contributed by atoms with Gasteiger partial charge in [0.25, 0.3) is 0 Å². The summed E-state index contributed by atoms with van der Waals surface area (Å²) in [5.74, 6) is 6.67. The summed E-state index contributed by atoms with van der Waals surface area (Å²) in [6, 6.07) is 12.5. The van der Waals surface area contributed by atoms with Crippen molar-refractivity contribution < 1.29 is 4.74 Å². The molecule has 0 fully saturated rings. The highest BCUT2D eigenvalue weighted by Gasteiger charge is 2.19. The quantitative estimate of drug-likeness (QED) is 0.662. The number of nitrogens with one attached hydrogen (secondary N) is 1. The van der Waals surface area contributed by atoms with E-state index in [9.17, 15) is 0 Å². The van der Waals surface area contributed by atoms with E-state index in [0.717, 1.165) is 11.3 Å². The second-order valence-corrected chi connectivity index (χ2v) is 5.21. The molecule has 0 saturated heterocycles. The van der Waals surface area contributed by atoms with Crippen LogP contribution in [0.1, 0.15) is 33.9 Å². The van der Waals surface area contributed by atoms with Crippen LogP contribution in [0.25, 0.3) is 0 Å². The molecule has 3 heteroatoms. The zero-order valence-corrected chi connectivity index (χ0v) is 12.5. The molecule has 0 amide bonds. The number of hydrogen-bond donors (Lipinski definition) is 2. The Morgan fingerprint density at radius 2 is 1.55 bits per heavy atom. The van der Waals surface area contributed by atoms with Crippen LogP contribution in [0.2, 0.25) is 0 Å². The summed E-state index contributed by atoms with van der Waals surface area (Å²) in [7, 11) is 1.69. The van der Waals surface area contributed by atoms with Crippen molar-refractivity contribution in [3.8, 4) is 5.75 Å². The smallest absolute Gasteiger partial charge is 0.124 e. The minimum atomic E-state index is -0.0789. The lowest BCUT2D eigenvalue weighted by Crippen LogP contribution is -2.29. The van der Waals surface area contributed by atoms with Gasteiger partial charge >= 0.3 is 0 Å². The fourth-order valence-corrected chi connectivity index (χ4v) is 2.50. The van der Waals surface area contributed by atoms with Crippen LogP contribution < -0.4 is 16.0 Å². The molecule has 0 heterocycles. The molecule has 2 aromatic rings. The van der Waals surface area contributed by atoms with Crippen molar-refractivity contribution in [2.45, 2.75) is 26.8 Å². The Bertz CT molecular complexity index is 608. The molecule has 0 saturated carbocycles. The summed E-state index contributed by atoms with van der Waals surface area (Å²) >= 11 is 0. The van der Waals surface area contributed by atoms with Gasteiger partial charge < -0.3 is 4.74 Å². The topological polar surface area (TPSA) is 47.3 Å². The molecule has 20 heavy (non-hydrogen) atoms. The molecule has 0 spiro atoms. The van der Waals surface area contributed by atoms with E-state index in [1.165, 1.54) is 22.3 Å². The minimum absolute atomic E-state index is 0.0789. The molecule has 2 aromatic carbocycles.